The summed E-state index contributed by atoms with van der Waals surface area (Å²) in [5.74, 6) is 0.854. The number of hydrogen-bond acceptors (Lipinski definition) is 15. The van der Waals surface area contributed by atoms with Gasteiger partial charge in [-0.1, -0.05) is 325 Å². The van der Waals surface area contributed by atoms with Crippen LogP contribution in [0, 0.1) is 23.7 Å². The fourth-order valence-electron chi connectivity index (χ4n) is 11.4. The van der Waals surface area contributed by atoms with Crippen LogP contribution in [0.2, 0.25) is 0 Å². The summed E-state index contributed by atoms with van der Waals surface area (Å²) >= 11 is 0. The zero-order chi connectivity index (χ0) is 69.6. The van der Waals surface area contributed by atoms with Crippen LogP contribution < -0.4 is 0 Å². The van der Waals surface area contributed by atoms with E-state index in [1.54, 1.807) is 0 Å². The number of carbonyl (C=O) groups is 4. The predicted molar refractivity (Wildman–Crippen MR) is 381 cm³/mol. The fourth-order valence-corrected chi connectivity index (χ4v) is 13.0. The second-order valence-electron chi connectivity index (χ2n) is 28.9. The van der Waals surface area contributed by atoms with Crippen molar-refractivity contribution in [3.05, 3.63) is 0 Å². The predicted octanol–water partition coefficient (Wildman–Crippen LogP) is 21.7. The van der Waals surface area contributed by atoms with Gasteiger partial charge in [0, 0.05) is 25.7 Å². The number of ether oxygens (including phenoxy) is 4. The highest BCUT2D eigenvalue weighted by Gasteiger charge is 2.30. The first-order valence-electron chi connectivity index (χ1n) is 38.7. The molecule has 5 atom stereocenters. The molecule has 0 aromatic heterocycles. The van der Waals surface area contributed by atoms with Gasteiger partial charge >= 0.3 is 39.5 Å². The van der Waals surface area contributed by atoms with Crippen LogP contribution in [-0.4, -0.2) is 96.7 Å². The number of aliphatic hydroxyl groups is 1. The van der Waals surface area contributed by atoms with Gasteiger partial charge in [-0.05, 0) is 49.4 Å². The Morgan fingerprint density at radius 2 is 0.447 bits per heavy atom. The summed E-state index contributed by atoms with van der Waals surface area (Å²) in [6.45, 7) is 14.1. The fraction of sp³-hybridized carbons (Fsp3) is 0.947. The average molecular weight is 1380 g/mol. The van der Waals surface area contributed by atoms with E-state index >= 15 is 0 Å². The lowest BCUT2D eigenvalue weighted by atomic mass is 10.0. The van der Waals surface area contributed by atoms with Crippen LogP contribution in [0.15, 0.2) is 0 Å². The second kappa shape index (κ2) is 64.4. The van der Waals surface area contributed by atoms with Crippen molar-refractivity contribution in [3.8, 4) is 0 Å². The second-order valence-corrected chi connectivity index (χ2v) is 31.9. The van der Waals surface area contributed by atoms with E-state index in [0.29, 0.717) is 31.6 Å². The Kier molecular flexibility index (Phi) is 63.1. The summed E-state index contributed by atoms with van der Waals surface area (Å²) in [6, 6.07) is 0. The number of phosphoric acid groups is 2. The van der Waals surface area contributed by atoms with Crippen molar-refractivity contribution in [2.24, 2.45) is 23.7 Å². The highest BCUT2D eigenvalue weighted by molar-refractivity contribution is 7.47. The molecule has 0 fully saturated rings. The van der Waals surface area contributed by atoms with E-state index in [2.05, 4.69) is 55.4 Å². The van der Waals surface area contributed by atoms with Gasteiger partial charge < -0.3 is 33.8 Å². The van der Waals surface area contributed by atoms with E-state index in [1.807, 2.05) is 0 Å². The van der Waals surface area contributed by atoms with Gasteiger partial charge in [0.25, 0.3) is 0 Å². The van der Waals surface area contributed by atoms with Crippen LogP contribution in [0.4, 0.5) is 0 Å². The summed E-state index contributed by atoms with van der Waals surface area (Å²) in [6.07, 6.45) is 48.9. The minimum atomic E-state index is -4.96. The highest BCUT2D eigenvalue weighted by atomic mass is 31.2. The Hall–Kier alpha value is -1.94. The molecule has 3 unspecified atom stereocenters. The molecule has 0 spiro atoms. The summed E-state index contributed by atoms with van der Waals surface area (Å²) in [4.78, 5) is 72.7. The normalized spacial score (nSPS) is 14.2. The number of rotatable bonds is 72. The molecular weight excluding hydrogens is 1230 g/mol. The number of hydrogen-bond donors (Lipinski definition) is 3. The van der Waals surface area contributed by atoms with Gasteiger partial charge in [0.05, 0.1) is 26.4 Å². The lowest BCUT2D eigenvalue weighted by Gasteiger charge is -2.21. The number of carbonyl (C=O) groups excluding carboxylic acids is 4. The minimum Gasteiger partial charge on any atom is -0.462 e. The molecule has 0 heterocycles. The zero-order valence-corrected chi connectivity index (χ0v) is 63.4. The van der Waals surface area contributed by atoms with Gasteiger partial charge in [-0.15, -0.1) is 0 Å². The van der Waals surface area contributed by atoms with Crippen LogP contribution in [0.1, 0.15) is 376 Å². The van der Waals surface area contributed by atoms with Crippen LogP contribution in [0.25, 0.3) is 0 Å². The van der Waals surface area contributed by atoms with Gasteiger partial charge in [0.15, 0.2) is 12.2 Å². The van der Waals surface area contributed by atoms with Crippen molar-refractivity contribution in [1.82, 2.24) is 0 Å². The van der Waals surface area contributed by atoms with Crippen LogP contribution >= 0.6 is 15.6 Å². The van der Waals surface area contributed by atoms with Crippen LogP contribution in [0.5, 0.6) is 0 Å². The van der Waals surface area contributed by atoms with Gasteiger partial charge in [-0.3, -0.25) is 37.3 Å². The standard InChI is InChI=1S/C75H146O17P2/c1-65(2)51-43-35-27-21-17-15-13-11-9-10-12-14-16-18-24-31-41-49-57-74(79)92-71(62-86-73(78)56-48-40-34-33-38-46-54-68(7)8)64-90-94(83,84)88-60-69(76)59-87-93(81,82)89-63-70(91-75(80)58-50-42-32-26-20-23-29-37-45-53-67(5)6)61-85-72(77)55-47-39-30-25-19-22-28-36-44-52-66(3)4/h65-71,76H,9-64H2,1-8H3,(H,81,82)(H,83,84)/t69?,70-,71-/m1/s1. The summed E-state index contributed by atoms with van der Waals surface area (Å²) in [5.41, 5.74) is 0. The minimum absolute atomic E-state index is 0.104. The molecular formula is C75H146O17P2. The van der Waals surface area contributed by atoms with Gasteiger partial charge in [-0.2, -0.15) is 0 Å². The van der Waals surface area contributed by atoms with Crippen molar-refractivity contribution >= 4 is 39.5 Å². The van der Waals surface area contributed by atoms with Crippen molar-refractivity contribution in [3.63, 3.8) is 0 Å². The number of phosphoric ester groups is 2. The molecule has 0 bridgehead atoms. The maximum absolute atomic E-state index is 13.0. The Morgan fingerprint density at radius 1 is 0.266 bits per heavy atom. The van der Waals surface area contributed by atoms with E-state index in [-0.39, 0.29) is 25.7 Å². The molecule has 17 nitrogen and oxygen atoms in total. The summed E-state index contributed by atoms with van der Waals surface area (Å²) in [7, 11) is -9.91. The maximum Gasteiger partial charge on any atom is 0.472 e. The molecule has 0 aliphatic heterocycles. The SMILES string of the molecule is CC(C)CCCCCCCCCCCCCCCCCCCCC(=O)O[C@H](COC(=O)CCCCCCCCC(C)C)COP(=O)(O)OCC(O)COP(=O)(O)OC[C@@H](COC(=O)CCCCCCCCCCCC(C)C)OC(=O)CCCCCCCCCCCC(C)C. The van der Waals surface area contributed by atoms with Gasteiger partial charge in [-0.25, -0.2) is 9.13 Å². The van der Waals surface area contributed by atoms with Crippen molar-refractivity contribution < 1.29 is 80.2 Å². The van der Waals surface area contributed by atoms with E-state index in [9.17, 15) is 43.2 Å². The molecule has 19 heteroatoms. The largest absolute Gasteiger partial charge is 0.472 e. The Balaban J connectivity index is 5.17. The van der Waals surface area contributed by atoms with Gasteiger partial charge in [0.2, 0.25) is 0 Å². The van der Waals surface area contributed by atoms with E-state index in [0.717, 1.165) is 114 Å². The molecule has 0 aromatic rings. The Labute approximate surface area is 575 Å². The van der Waals surface area contributed by atoms with Crippen molar-refractivity contribution in [2.75, 3.05) is 39.6 Å². The molecule has 0 aliphatic rings. The molecule has 3 N–H and O–H groups in total. The Bertz CT molecular complexity index is 1850. The topological polar surface area (TPSA) is 237 Å². The third kappa shape index (κ3) is 68.6. The average Bonchev–Trinajstić information content (AvgIpc) is 3.02. The maximum atomic E-state index is 13.0. The summed E-state index contributed by atoms with van der Waals surface area (Å²) in [5, 5.41) is 10.6. The third-order valence-electron chi connectivity index (χ3n) is 17.3. The van der Waals surface area contributed by atoms with Crippen LogP contribution in [-0.2, 0) is 65.4 Å². The van der Waals surface area contributed by atoms with Crippen molar-refractivity contribution in [2.45, 2.75) is 395 Å². The van der Waals surface area contributed by atoms with Crippen LogP contribution in [0.3, 0.4) is 0 Å². The third-order valence-corrected chi connectivity index (χ3v) is 19.2. The summed E-state index contributed by atoms with van der Waals surface area (Å²) < 4.78 is 68.4. The lowest BCUT2D eigenvalue weighted by molar-refractivity contribution is -0.161. The zero-order valence-electron chi connectivity index (χ0n) is 61.6. The lowest BCUT2D eigenvalue weighted by Crippen LogP contribution is -2.30. The first-order chi connectivity index (χ1) is 45.1. The first kappa shape index (κ1) is 92.1. The number of unbranched alkanes of at least 4 members (excludes halogenated alkanes) is 38. The van der Waals surface area contributed by atoms with E-state index in [4.69, 9.17) is 37.0 Å². The molecule has 0 rings (SSSR count). The monoisotopic (exact) mass is 1380 g/mol. The molecule has 0 aliphatic carbocycles. The molecule has 0 amide bonds. The quantitative estimate of drug-likeness (QED) is 0.0222. The smallest absolute Gasteiger partial charge is 0.462 e. The molecule has 558 valence electrons. The van der Waals surface area contributed by atoms with Crippen molar-refractivity contribution in [1.29, 1.82) is 0 Å². The molecule has 0 saturated carbocycles. The molecule has 0 aromatic carbocycles. The molecule has 94 heavy (non-hydrogen) atoms. The van der Waals surface area contributed by atoms with E-state index < -0.39 is 97.5 Å². The van der Waals surface area contributed by atoms with E-state index in [1.165, 1.54) is 173 Å². The van der Waals surface area contributed by atoms with Gasteiger partial charge in [0.1, 0.15) is 19.3 Å². The molecule has 0 saturated heterocycles. The Morgan fingerprint density at radius 3 is 0.660 bits per heavy atom. The highest BCUT2D eigenvalue weighted by Crippen LogP contribution is 2.45. The number of esters is 4. The first-order valence-corrected chi connectivity index (χ1v) is 41.7. The molecule has 0 radical (unpaired) electrons. The number of aliphatic hydroxyl groups excluding tert-OH is 1.